The summed E-state index contributed by atoms with van der Waals surface area (Å²) in [6.45, 7) is 6.25. The van der Waals surface area contributed by atoms with Crippen molar-refractivity contribution in [2.45, 2.75) is 39.5 Å². The molecule has 0 saturated carbocycles. The first kappa shape index (κ1) is 21.4. The normalized spacial score (nSPS) is 19.1. The number of hydrogen-bond acceptors (Lipinski definition) is 4. The average Bonchev–Trinajstić information content (AvgIpc) is 3.08. The van der Waals surface area contributed by atoms with Crippen LogP contribution in [0.25, 0.3) is 5.69 Å². The second kappa shape index (κ2) is 7.58. The highest BCUT2D eigenvalue weighted by Gasteiger charge is 2.42. The van der Waals surface area contributed by atoms with Gasteiger partial charge < -0.3 is 10.2 Å². The van der Waals surface area contributed by atoms with Gasteiger partial charge in [0.2, 0.25) is 0 Å². The zero-order chi connectivity index (χ0) is 23.5. The number of aryl methyl sites for hydroxylation is 1. The molecule has 2 heterocycles. The number of aromatic nitrogens is 2. The van der Waals surface area contributed by atoms with Crippen LogP contribution in [0, 0.1) is 18.2 Å². The van der Waals surface area contributed by atoms with Crippen LogP contribution in [0.15, 0.2) is 59.8 Å². The number of allylic oxidation sites excluding steroid dienone is 2. The summed E-state index contributed by atoms with van der Waals surface area (Å²) in [5.41, 5.74) is 6.52. The van der Waals surface area contributed by atoms with Crippen LogP contribution in [-0.2, 0) is 4.79 Å². The molecule has 0 radical (unpaired) electrons. The van der Waals surface area contributed by atoms with Crippen LogP contribution >= 0.6 is 0 Å². The van der Waals surface area contributed by atoms with E-state index in [9.17, 15) is 9.18 Å². The molecule has 6 heteroatoms. The third-order valence-corrected chi connectivity index (χ3v) is 6.69. The number of rotatable bonds is 3. The smallest absolute Gasteiger partial charge is 0.162 e. The molecule has 5 nitrogen and oxygen atoms in total. The second-order valence-electron chi connectivity index (χ2n) is 10.1. The first-order valence-electron chi connectivity index (χ1n) is 11.3. The van der Waals surface area contributed by atoms with E-state index in [2.05, 4.69) is 48.3 Å². The molecule has 0 bridgehead atoms. The van der Waals surface area contributed by atoms with Gasteiger partial charge >= 0.3 is 0 Å². The summed E-state index contributed by atoms with van der Waals surface area (Å²) in [4.78, 5) is 15.5. The molecule has 1 aromatic heterocycles. The van der Waals surface area contributed by atoms with E-state index in [0.717, 1.165) is 51.7 Å². The van der Waals surface area contributed by atoms with Crippen molar-refractivity contribution >= 4 is 17.3 Å². The van der Waals surface area contributed by atoms with E-state index in [1.54, 1.807) is 12.1 Å². The van der Waals surface area contributed by atoms with Gasteiger partial charge in [-0.25, -0.2) is 9.07 Å². The van der Waals surface area contributed by atoms with Crippen LogP contribution in [0.5, 0.6) is 0 Å². The summed E-state index contributed by atoms with van der Waals surface area (Å²) in [5, 5.41) is 8.39. The molecule has 2 aliphatic rings. The number of fused-ring (bicyclic) bond motifs is 1. The van der Waals surface area contributed by atoms with E-state index in [1.807, 2.05) is 25.7 Å². The number of anilines is 2. The number of benzene rings is 2. The van der Waals surface area contributed by atoms with Crippen LogP contribution in [0.2, 0.25) is 0 Å². The van der Waals surface area contributed by atoms with Crippen molar-refractivity contribution in [3.05, 3.63) is 82.4 Å². The van der Waals surface area contributed by atoms with E-state index in [0.29, 0.717) is 6.42 Å². The minimum atomic E-state index is -0.284. The zero-order valence-electron chi connectivity index (χ0n) is 19.7. The number of halogens is 1. The van der Waals surface area contributed by atoms with Crippen LogP contribution in [0.1, 0.15) is 49.4 Å². The Kier molecular flexibility index (Phi) is 4.92. The SMILES string of the molecule is Cc1nn(-c2ccc(F)cc2)c2c1[C@@H](c1ccc(N(C)C)cc1)C1=C(CC(C)(C)CC1=O)N2. The van der Waals surface area contributed by atoms with Gasteiger partial charge in [0.15, 0.2) is 5.78 Å². The van der Waals surface area contributed by atoms with Gasteiger partial charge in [-0.1, -0.05) is 26.0 Å². The summed E-state index contributed by atoms with van der Waals surface area (Å²) >= 11 is 0. The second-order valence-corrected chi connectivity index (χ2v) is 10.1. The molecule has 3 aromatic rings. The maximum absolute atomic E-state index is 13.6. The molecule has 1 aliphatic carbocycles. The Morgan fingerprint density at radius 1 is 1.06 bits per heavy atom. The Bertz CT molecular complexity index is 1270. The van der Waals surface area contributed by atoms with Gasteiger partial charge in [-0.15, -0.1) is 0 Å². The minimum Gasteiger partial charge on any atom is -0.378 e. The largest absolute Gasteiger partial charge is 0.378 e. The van der Waals surface area contributed by atoms with E-state index >= 15 is 0 Å². The lowest BCUT2D eigenvalue weighted by atomic mass is 9.69. The van der Waals surface area contributed by atoms with Gasteiger partial charge in [-0.2, -0.15) is 5.10 Å². The van der Waals surface area contributed by atoms with E-state index < -0.39 is 0 Å². The van der Waals surface area contributed by atoms with Crippen LogP contribution in [0.3, 0.4) is 0 Å². The molecule has 0 spiro atoms. The van der Waals surface area contributed by atoms with Crippen molar-refractivity contribution in [2.75, 3.05) is 24.3 Å². The minimum absolute atomic E-state index is 0.116. The van der Waals surface area contributed by atoms with Crippen LogP contribution in [-0.4, -0.2) is 29.7 Å². The number of carbonyl (C=O) groups excluding carboxylic acids is 1. The summed E-state index contributed by atoms with van der Waals surface area (Å²) < 4.78 is 15.4. The molecular weight excluding hydrogens is 415 g/mol. The Morgan fingerprint density at radius 2 is 1.73 bits per heavy atom. The van der Waals surface area contributed by atoms with Gasteiger partial charge in [0.25, 0.3) is 0 Å². The van der Waals surface area contributed by atoms with E-state index in [4.69, 9.17) is 5.10 Å². The summed E-state index contributed by atoms with van der Waals surface area (Å²) in [7, 11) is 4.03. The number of nitrogens with one attached hydrogen (secondary N) is 1. The lowest BCUT2D eigenvalue weighted by Gasteiger charge is -2.38. The van der Waals surface area contributed by atoms with E-state index in [1.165, 1.54) is 12.1 Å². The van der Waals surface area contributed by atoms with Crippen molar-refractivity contribution in [1.29, 1.82) is 0 Å². The highest BCUT2D eigenvalue weighted by atomic mass is 19.1. The molecule has 0 amide bonds. The van der Waals surface area contributed by atoms with Crippen molar-refractivity contribution < 1.29 is 9.18 Å². The lowest BCUT2D eigenvalue weighted by Crippen LogP contribution is -2.34. The Morgan fingerprint density at radius 3 is 2.36 bits per heavy atom. The molecule has 5 rings (SSSR count). The summed E-state index contributed by atoms with van der Waals surface area (Å²) in [6, 6.07) is 14.7. The predicted octanol–water partition coefficient (Wildman–Crippen LogP) is 5.59. The van der Waals surface area contributed by atoms with Gasteiger partial charge in [0.1, 0.15) is 11.6 Å². The monoisotopic (exact) mass is 444 g/mol. The number of ketones is 1. The molecule has 0 unspecified atom stereocenters. The molecule has 170 valence electrons. The first-order chi connectivity index (χ1) is 15.6. The topological polar surface area (TPSA) is 50.2 Å². The number of nitrogens with zero attached hydrogens (tertiary/aromatic N) is 3. The molecule has 0 fully saturated rings. The molecule has 2 aromatic carbocycles. The van der Waals surface area contributed by atoms with Gasteiger partial charge in [0, 0.05) is 49.0 Å². The quantitative estimate of drug-likeness (QED) is 0.572. The maximum Gasteiger partial charge on any atom is 0.162 e. The lowest BCUT2D eigenvalue weighted by molar-refractivity contribution is -0.118. The summed E-state index contributed by atoms with van der Waals surface area (Å²) in [6.07, 6.45) is 1.31. The predicted molar refractivity (Wildman–Crippen MR) is 130 cm³/mol. The van der Waals surface area contributed by atoms with Gasteiger partial charge in [-0.05, 0) is 60.7 Å². The molecule has 1 N–H and O–H groups in total. The van der Waals surface area contributed by atoms with Crippen molar-refractivity contribution in [2.24, 2.45) is 5.41 Å². The first-order valence-corrected chi connectivity index (χ1v) is 11.3. The molecule has 1 atom stereocenters. The third-order valence-electron chi connectivity index (χ3n) is 6.69. The fourth-order valence-corrected chi connectivity index (χ4v) is 5.14. The molecule has 1 aliphatic heterocycles. The Hall–Kier alpha value is -3.41. The van der Waals surface area contributed by atoms with Crippen molar-refractivity contribution in [1.82, 2.24) is 9.78 Å². The third kappa shape index (κ3) is 3.63. The maximum atomic E-state index is 13.6. The highest BCUT2D eigenvalue weighted by Crippen LogP contribution is 2.50. The molecular formula is C27H29FN4O. The van der Waals surface area contributed by atoms with Crippen molar-refractivity contribution in [3.63, 3.8) is 0 Å². The Balaban J connectivity index is 1.72. The summed E-state index contributed by atoms with van der Waals surface area (Å²) in [5.74, 6) is 0.568. The van der Waals surface area contributed by atoms with Crippen molar-refractivity contribution in [3.8, 4) is 5.69 Å². The number of Topliss-reactive ketones (excluding diaryl/α,β-unsaturated/α-hetero) is 1. The molecule has 33 heavy (non-hydrogen) atoms. The van der Waals surface area contributed by atoms with Crippen LogP contribution in [0.4, 0.5) is 15.9 Å². The van der Waals surface area contributed by atoms with Crippen LogP contribution < -0.4 is 10.2 Å². The molecule has 0 saturated heterocycles. The van der Waals surface area contributed by atoms with Gasteiger partial charge in [0.05, 0.1) is 11.4 Å². The number of hydrogen-bond donors (Lipinski definition) is 1. The highest BCUT2D eigenvalue weighted by molar-refractivity contribution is 6.01. The Labute approximate surface area is 193 Å². The fraction of sp³-hybridized carbons (Fsp3) is 0.333. The fourth-order valence-electron chi connectivity index (χ4n) is 5.14. The number of carbonyl (C=O) groups is 1. The van der Waals surface area contributed by atoms with E-state index in [-0.39, 0.29) is 22.9 Å². The average molecular weight is 445 g/mol. The standard InChI is InChI=1S/C27H29FN4O/c1-16-23-24(17-6-10-19(11-7-17)31(4)5)25-21(14-27(2,3)15-22(25)33)29-26(23)32(30-16)20-12-8-18(28)9-13-20/h6-13,24,29H,14-15H2,1-5H3/t24-/m1/s1. The zero-order valence-corrected chi connectivity index (χ0v) is 19.7. The van der Waals surface area contributed by atoms with Gasteiger partial charge in [-0.3, -0.25) is 4.79 Å².